The first kappa shape index (κ1) is 17.4. The second kappa shape index (κ2) is 7.31. The van der Waals surface area contributed by atoms with Crippen molar-refractivity contribution in [2.75, 3.05) is 10.6 Å². The van der Waals surface area contributed by atoms with Crippen LogP contribution in [0.4, 0.5) is 23.0 Å². The zero-order valence-corrected chi connectivity index (χ0v) is 15.0. The van der Waals surface area contributed by atoms with Crippen LogP contribution in [0.15, 0.2) is 60.9 Å². The van der Waals surface area contributed by atoms with Gasteiger partial charge in [-0.1, -0.05) is 6.07 Å². The van der Waals surface area contributed by atoms with Gasteiger partial charge in [0.2, 0.25) is 5.82 Å². The molecule has 0 radical (unpaired) electrons. The largest absolute Gasteiger partial charge is 0.362 e. The molecule has 3 aromatic heterocycles. The molecule has 0 bridgehead atoms. The Hall–Kier alpha value is -4.01. The molecule has 0 aliphatic heterocycles. The van der Waals surface area contributed by atoms with Crippen LogP contribution in [0.3, 0.4) is 0 Å². The normalized spacial score (nSPS) is 11.9. The third-order valence-corrected chi connectivity index (χ3v) is 4.27. The van der Waals surface area contributed by atoms with Crippen molar-refractivity contribution in [1.29, 1.82) is 0 Å². The summed E-state index contributed by atoms with van der Waals surface area (Å²) in [5, 5.41) is 25.5. The molecule has 3 heterocycles. The summed E-state index contributed by atoms with van der Waals surface area (Å²) in [6.45, 7) is 1.95. The van der Waals surface area contributed by atoms with Gasteiger partial charge in [-0.3, -0.25) is 20.2 Å². The Morgan fingerprint density at radius 3 is 2.86 bits per heavy atom. The zero-order chi connectivity index (χ0) is 19.5. The van der Waals surface area contributed by atoms with Crippen molar-refractivity contribution in [2.45, 2.75) is 13.0 Å². The Balaban J connectivity index is 1.62. The maximum absolute atomic E-state index is 11.4. The fourth-order valence-corrected chi connectivity index (χ4v) is 2.85. The fraction of sp³-hybridized carbons (Fsp3) is 0.105. The maximum Gasteiger partial charge on any atom is 0.311 e. The lowest BCUT2D eigenvalue weighted by Crippen LogP contribution is -2.10. The summed E-state index contributed by atoms with van der Waals surface area (Å²) < 4.78 is 0. The lowest BCUT2D eigenvalue weighted by molar-refractivity contribution is -0.384. The second-order valence-electron chi connectivity index (χ2n) is 6.24. The topological polar surface area (TPSA) is 122 Å². The standard InChI is InChI=1S/C19H17N7O2/c1-12(15-4-2-3-9-20-15)22-18-8-7-17(26(27)28)19(24-18)23-14-6-5-13-11-21-25-16(13)10-14/h2-12H,1H3,(H,21,25)(H2,22,23,24). The summed E-state index contributed by atoms with van der Waals surface area (Å²) in [5.41, 5.74) is 2.23. The van der Waals surface area contributed by atoms with Crippen molar-refractivity contribution in [3.05, 3.63) is 76.7 Å². The first-order chi connectivity index (χ1) is 13.6. The number of aromatic amines is 1. The van der Waals surface area contributed by atoms with Gasteiger partial charge in [0.1, 0.15) is 5.82 Å². The van der Waals surface area contributed by atoms with Gasteiger partial charge >= 0.3 is 5.69 Å². The summed E-state index contributed by atoms with van der Waals surface area (Å²) in [4.78, 5) is 19.7. The summed E-state index contributed by atoms with van der Waals surface area (Å²) >= 11 is 0. The van der Waals surface area contributed by atoms with Gasteiger partial charge in [0.15, 0.2) is 0 Å². The summed E-state index contributed by atoms with van der Waals surface area (Å²) in [6.07, 6.45) is 3.43. The van der Waals surface area contributed by atoms with E-state index in [1.165, 1.54) is 6.07 Å². The maximum atomic E-state index is 11.4. The molecular formula is C19H17N7O2. The first-order valence-corrected chi connectivity index (χ1v) is 8.63. The van der Waals surface area contributed by atoms with Gasteiger partial charge in [-0.05, 0) is 43.3 Å². The zero-order valence-electron chi connectivity index (χ0n) is 15.0. The summed E-state index contributed by atoms with van der Waals surface area (Å²) in [7, 11) is 0. The van der Waals surface area contributed by atoms with E-state index < -0.39 is 4.92 Å². The third-order valence-electron chi connectivity index (χ3n) is 4.27. The Bertz CT molecular complexity index is 1130. The number of nitrogens with one attached hydrogen (secondary N) is 3. The highest BCUT2D eigenvalue weighted by atomic mass is 16.6. The number of nitro groups is 1. The highest BCUT2D eigenvalue weighted by molar-refractivity contribution is 5.83. The Labute approximate surface area is 160 Å². The number of aromatic nitrogens is 4. The number of hydrogen-bond donors (Lipinski definition) is 3. The quantitative estimate of drug-likeness (QED) is 0.341. The van der Waals surface area contributed by atoms with E-state index in [1.54, 1.807) is 18.5 Å². The van der Waals surface area contributed by atoms with Crippen molar-refractivity contribution in [1.82, 2.24) is 20.2 Å². The first-order valence-electron chi connectivity index (χ1n) is 8.63. The van der Waals surface area contributed by atoms with Crippen molar-refractivity contribution in [3.63, 3.8) is 0 Å². The second-order valence-corrected chi connectivity index (χ2v) is 6.24. The monoisotopic (exact) mass is 375 g/mol. The highest BCUT2D eigenvalue weighted by Gasteiger charge is 2.18. The van der Waals surface area contributed by atoms with Crippen molar-refractivity contribution >= 4 is 33.9 Å². The molecule has 0 spiro atoms. The molecule has 9 nitrogen and oxygen atoms in total. The van der Waals surface area contributed by atoms with Crippen LogP contribution in [0.25, 0.3) is 10.9 Å². The van der Waals surface area contributed by atoms with Crippen LogP contribution in [-0.2, 0) is 0 Å². The van der Waals surface area contributed by atoms with Gasteiger partial charge < -0.3 is 10.6 Å². The lowest BCUT2D eigenvalue weighted by atomic mass is 10.2. The lowest BCUT2D eigenvalue weighted by Gasteiger charge is -2.15. The molecule has 28 heavy (non-hydrogen) atoms. The van der Waals surface area contributed by atoms with Crippen LogP contribution in [0, 0.1) is 10.1 Å². The Kier molecular flexibility index (Phi) is 4.55. The predicted octanol–water partition coefficient (Wildman–Crippen LogP) is 4.18. The minimum atomic E-state index is -0.462. The summed E-state index contributed by atoms with van der Waals surface area (Å²) in [5.74, 6) is 0.663. The van der Waals surface area contributed by atoms with Crippen LogP contribution in [0.2, 0.25) is 0 Å². The van der Waals surface area contributed by atoms with E-state index in [1.807, 2.05) is 43.3 Å². The van der Waals surface area contributed by atoms with Crippen LogP contribution >= 0.6 is 0 Å². The number of anilines is 3. The van der Waals surface area contributed by atoms with Gasteiger partial charge in [0.25, 0.3) is 0 Å². The van der Waals surface area contributed by atoms with Gasteiger partial charge in [0.05, 0.1) is 28.4 Å². The number of benzene rings is 1. The van der Waals surface area contributed by atoms with E-state index in [0.29, 0.717) is 11.5 Å². The van der Waals surface area contributed by atoms with Gasteiger partial charge in [0, 0.05) is 23.3 Å². The van der Waals surface area contributed by atoms with E-state index in [4.69, 9.17) is 0 Å². The van der Waals surface area contributed by atoms with E-state index in [-0.39, 0.29) is 17.5 Å². The van der Waals surface area contributed by atoms with E-state index >= 15 is 0 Å². The molecule has 0 fully saturated rings. The number of H-pyrrole nitrogens is 1. The van der Waals surface area contributed by atoms with Crippen molar-refractivity contribution in [2.24, 2.45) is 0 Å². The molecule has 0 amide bonds. The molecular weight excluding hydrogens is 358 g/mol. The van der Waals surface area contributed by atoms with E-state index in [2.05, 4.69) is 30.8 Å². The molecule has 3 N–H and O–H groups in total. The number of nitrogens with zero attached hydrogens (tertiary/aromatic N) is 4. The SMILES string of the molecule is CC(Nc1ccc([N+](=O)[O-])c(Nc2ccc3cn[nH]c3c2)n1)c1ccccn1. The van der Waals surface area contributed by atoms with E-state index in [9.17, 15) is 10.1 Å². The van der Waals surface area contributed by atoms with Crippen LogP contribution in [0.5, 0.6) is 0 Å². The van der Waals surface area contributed by atoms with Crippen LogP contribution < -0.4 is 10.6 Å². The average Bonchev–Trinajstić information content (AvgIpc) is 3.16. The summed E-state index contributed by atoms with van der Waals surface area (Å²) in [6, 6.07) is 14.1. The Morgan fingerprint density at radius 1 is 1.18 bits per heavy atom. The molecule has 9 heteroatoms. The predicted molar refractivity (Wildman–Crippen MR) is 107 cm³/mol. The molecule has 0 aliphatic rings. The minimum Gasteiger partial charge on any atom is -0.362 e. The van der Waals surface area contributed by atoms with Gasteiger partial charge in [-0.25, -0.2) is 4.98 Å². The number of rotatable bonds is 6. The molecule has 0 saturated heterocycles. The highest BCUT2D eigenvalue weighted by Crippen LogP contribution is 2.29. The van der Waals surface area contributed by atoms with Crippen molar-refractivity contribution < 1.29 is 4.92 Å². The van der Waals surface area contributed by atoms with Gasteiger partial charge in [-0.2, -0.15) is 5.10 Å². The van der Waals surface area contributed by atoms with E-state index in [0.717, 1.165) is 16.6 Å². The number of hydrogen-bond acceptors (Lipinski definition) is 7. The number of pyridine rings is 2. The molecule has 140 valence electrons. The molecule has 1 unspecified atom stereocenters. The molecule has 0 aliphatic carbocycles. The molecule has 1 aromatic carbocycles. The molecule has 4 aromatic rings. The van der Waals surface area contributed by atoms with Crippen LogP contribution in [-0.4, -0.2) is 25.1 Å². The molecule has 1 atom stereocenters. The molecule has 0 saturated carbocycles. The number of fused-ring (bicyclic) bond motifs is 1. The third kappa shape index (κ3) is 3.58. The average molecular weight is 375 g/mol. The Morgan fingerprint density at radius 2 is 2.07 bits per heavy atom. The van der Waals surface area contributed by atoms with Crippen LogP contribution in [0.1, 0.15) is 18.7 Å². The smallest absolute Gasteiger partial charge is 0.311 e. The van der Waals surface area contributed by atoms with Gasteiger partial charge in [-0.15, -0.1) is 0 Å². The van der Waals surface area contributed by atoms with Crippen molar-refractivity contribution in [3.8, 4) is 0 Å². The fourth-order valence-electron chi connectivity index (χ4n) is 2.85. The minimum absolute atomic E-state index is 0.107. The molecule has 4 rings (SSSR count).